The minimum atomic E-state index is 0.767. The average molecular weight is 334 g/mol. The molecular weight excluding hydrogens is 318 g/mol. The summed E-state index contributed by atoms with van der Waals surface area (Å²) in [5.74, 6) is 0. The van der Waals surface area contributed by atoms with Gasteiger partial charge in [0.25, 0.3) is 0 Å². The van der Waals surface area contributed by atoms with Gasteiger partial charge in [0.1, 0.15) is 5.65 Å². The number of pyridine rings is 2. The van der Waals surface area contributed by atoms with Crippen LogP contribution in [0.25, 0.3) is 11.0 Å². The first-order valence-corrected chi connectivity index (χ1v) is 8.24. The molecule has 3 aromatic heterocycles. The third-order valence-electron chi connectivity index (χ3n) is 4.08. The van der Waals surface area contributed by atoms with Crippen LogP contribution in [-0.4, -0.2) is 15.0 Å². The molecule has 0 aliphatic carbocycles. The second-order valence-corrected chi connectivity index (χ2v) is 6.33. The summed E-state index contributed by atoms with van der Waals surface area (Å²) < 4.78 is 0. The quantitative estimate of drug-likeness (QED) is 0.583. The first kappa shape index (κ1) is 14.9. The molecule has 118 valence electrons. The lowest BCUT2D eigenvalue weighted by Gasteiger charge is -2.05. The lowest BCUT2D eigenvalue weighted by Crippen LogP contribution is -1.94. The lowest BCUT2D eigenvalue weighted by molar-refractivity contribution is 1.09. The number of hydrogen-bond donors (Lipinski definition) is 1. The molecule has 0 atom stereocenters. The van der Waals surface area contributed by atoms with Gasteiger partial charge in [0, 0.05) is 41.6 Å². The van der Waals surface area contributed by atoms with Gasteiger partial charge in [-0.25, -0.2) is 4.98 Å². The number of benzene rings is 1. The summed E-state index contributed by atoms with van der Waals surface area (Å²) in [4.78, 5) is 12.0. The summed E-state index contributed by atoms with van der Waals surface area (Å²) in [5.41, 5.74) is 5.74. The van der Waals surface area contributed by atoms with E-state index < -0.39 is 0 Å². The molecule has 0 saturated heterocycles. The standard InChI is InChI=1S/C20H16ClN3/c21-18-4-1-3-14(10-18)7-15-8-16(12-22-11-15)9-17-13-24-20-19(17)5-2-6-23-20/h1-6,8,10-13H,7,9H2,(H,23,24). The van der Waals surface area contributed by atoms with Gasteiger partial charge < -0.3 is 4.98 Å². The average Bonchev–Trinajstić information content (AvgIpc) is 2.99. The SMILES string of the molecule is Clc1cccc(Cc2cncc(Cc3c[nH]c4ncccc34)c2)c1. The topological polar surface area (TPSA) is 41.6 Å². The van der Waals surface area contributed by atoms with Gasteiger partial charge >= 0.3 is 0 Å². The minimum absolute atomic E-state index is 0.767. The van der Waals surface area contributed by atoms with E-state index in [1.165, 1.54) is 22.3 Å². The zero-order chi connectivity index (χ0) is 16.4. The molecule has 0 fully saturated rings. The van der Waals surface area contributed by atoms with E-state index in [0.29, 0.717) is 0 Å². The van der Waals surface area contributed by atoms with Crippen LogP contribution in [0.2, 0.25) is 5.02 Å². The van der Waals surface area contributed by atoms with Gasteiger partial charge in [-0.05, 0) is 52.9 Å². The number of H-pyrrole nitrogens is 1. The Balaban J connectivity index is 1.58. The number of rotatable bonds is 4. The largest absolute Gasteiger partial charge is 0.346 e. The van der Waals surface area contributed by atoms with E-state index in [2.05, 4.69) is 33.2 Å². The van der Waals surface area contributed by atoms with Crippen LogP contribution in [0.5, 0.6) is 0 Å². The van der Waals surface area contributed by atoms with Crippen molar-refractivity contribution in [3.8, 4) is 0 Å². The molecule has 4 rings (SSSR count). The predicted octanol–water partition coefficient (Wildman–Crippen LogP) is 4.79. The Hall–Kier alpha value is -2.65. The maximum Gasteiger partial charge on any atom is 0.137 e. The van der Waals surface area contributed by atoms with Crippen molar-refractivity contribution in [2.45, 2.75) is 12.8 Å². The second kappa shape index (κ2) is 6.46. The van der Waals surface area contributed by atoms with Crippen molar-refractivity contribution in [2.24, 2.45) is 0 Å². The third kappa shape index (κ3) is 3.17. The fourth-order valence-corrected chi connectivity index (χ4v) is 3.21. The van der Waals surface area contributed by atoms with E-state index in [1.54, 1.807) is 6.20 Å². The molecule has 3 nitrogen and oxygen atoms in total. The number of nitrogens with one attached hydrogen (secondary N) is 1. The molecule has 0 saturated carbocycles. The molecular formula is C20H16ClN3. The van der Waals surface area contributed by atoms with Gasteiger partial charge in [-0.1, -0.05) is 29.8 Å². The maximum absolute atomic E-state index is 6.07. The highest BCUT2D eigenvalue weighted by Crippen LogP contribution is 2.20. The minimum Gasteiger partial charge on any atom is -0.346 e. The van der Waals surface area contributed by atoms with Crippen molar-refractivity contribution in [3.05, 3.63) is 94.5 Å². The van der Waals surface area contributed by atoms with E-state index >= 15 is 0 Å². The molecule has 24 heavy (non-hydrogen) atoms. The van der Waals surface area contributed by atoms with Gasteiger partial charge in [-0.15, -0.1) is 0 Å². The predicted molar refractivity (Wildman–Crippen MR) is 97.4 cm³/mol. The Morgan fingerprint density at radius 2 is 1.79 bits per heavy atom. The molecule has 0 bridgehead atoms. The summed E-state index contributed by atoms with van der Waals surface area (Å²) in [6, 6.07) is 14.2. The highest BCUT2D eigenvalue weighted by atomic mass is 35.5. The molecule has 3 heterocycles. The van der Waals surface area contributed by atoms with Gasteiger partial charge in [-0.3, -0.25) is 4.98 Å². The molecule has 1 aromatic carbocycles. The van der Waals surface area contributed by atoms with Gasteiger partial charge in [0.2, 0.25) is 0 Å². The molecule has 0 amide bonds. The first-order valence-electron chi connectivity index (χ1n) is 7.86. The lowest BCUT2D eigenvalue weighted by atomic mass is 10.0. The van der Waals surface area contributed by atoms with Crippen molar-refractivity contribution in [3.63, 3.8) is 0 Å². The van der Waals surface area contributed by atoms with E-state index in [1.807, 2.05) is 42.9 Å². The Morgan fingerprint density at radius 3 is 2.67 bits per heavy atom. The molecule has 4 heteroatoms. The molecule has 1 N–H and O–H groups in total. The summed E-state index contributed by atoms with van der Waals surface area (Å²) in [7, 11) is 0. The van der Waals surface area contributed by atoms with Crippen LogP contribution in [0.3, 0.4) is 0 Å². The van der Waals surface area contributed by atoms with E-state index in [0.717, 1.165) is 28.9 Å². The van der Waals surface area contributed by atoms with Crippen LogP contribution in [0.4, 0.5) is 0 Å². The normalized spacial score (nSPS) is 11.0. The van der Waals surface area contributed by atoms with Gasteiger partial charge in [-0.2, -0.15) is 0 Å². The first-order chi connectivity index (χ1) is 11.8. The van der Waals surface area contributed by atoms with Crippen LogP contribution in [0, 0.1) is 0 Å². The monoisotopic (exact) mass is 333 g/mol. The van der Waals surface area contributed by atoms with Crippen LogP contribution in [0.1, 0.15) is 22.3 Å². The van der Waals surface area contributed by atoms with Crippen LogP contribution >= 0.6 is 11.6 Å². The van der Waals surface area contributed by atoms with Crippen molar-refractivity contribution in [1.82, 2.24) is 15.0 Å². The van der Waals surface area contributed by atoms with Gasteiger partial charge in [0.15, 0.2) is 0 Å². The molecule has 4 aromatic rings. The number of fused-ring (bicyclic) bond motifs is 1. The van der Waals surface area contributed by atoms with Crippen molar-refractivity contribution < 1.29 is 0 Å². The number of aromatic nitrogens is 3. The molecule has 0 aliphatic heterocycles. The van der Waals surface area contributed by atoms with E-state index in [-0.39, 0.29) is 0 Å². The Bertz CT molecular complexity index is 991. The molecule has 0 radical (unpaired) electrons. The van der Waals surface area contributed by atoms with Crippen LogP contribution in [-0.2, 0) is 12.8 Å². The number of aromatic amines is 1. The van der Waals surface area contributed by atoms with E-state index in [4.69, 9.17) is 11.6 Å². The van der Waals surface area contributed by atoms with Crippen molar-refractivity contribution in [2.75, 3.05) is 0 Å². The number of nitrogens with zero attached hydrogens (tertiary/aromatic N) is 2. The molecule has 0 aliphatic rings. The zero-order valence-electron chi connectivity index (χ0n) is 13.0. The van der Waals surface area contributed by atoms with Crippen molar-refractivity contribution in [1.29, 1.82) is 0 Å². The van der Waals surface area contributed by atoms with Crippen LogP contribution in [0.15, 0.2) is 67.3 Å². The van der Waals surface area contributed by atoms with E-state index in [9.17, 15) is 0 Å². The van der Waals surface area contributed by atoms with Crippen LogP contribution < -0.4 is 0 Å². The summed E-state index contributed by atoms with van der Waals surface area (Å²) in [6.45, 7) is 0. The Kier molecular flexibility index (Phi) is 4.01. The Labute approximate surface area is 145 Å². The number of halogens is 1. The highest BCUT2D eigenvalue weighted by Gasteiger charge is 2.06. The fraction of sp³-hybridized carbons (Fsp3) is 0.100. The molecule has 0 spiro atoms. The number of hydrogen-bond acceptors (Lipinski definition) is 2. The van der Waals surface area contributed by atoms with Crippen molar-refractivity contribution >= 4 is 22.6 Å². The third-order valence-corrected chi connectivity index (χ3v) is 4.32. The maximum atomic E-state index is 6.07. The summed E-state index contributed by atoms with van der Waals surface area (Å²) >= 11 is 6.07. The smallest absolute Gasteiger partial charge is 0.137 e. The molecule has 0 unspecified atom stereocenters. The highest BCUT2D eigenvalue weighted by molar-refractivity contribution is 6.30. The zero-order valence-corrected chi connectivity index (χ0v) is 13.8. The summed E-state index contributed by atoms with van der Waals surface area (Å²) in [6.07, 6.45) is 9.34. The summed E-state index contributed by atoms with van der Waals surface area (Å²) in [5, 5.41) is 1.93. The Morgan fingerprint density at radius 1 is 0.917 bits per heavy atom. The second-order valence-electron chi connectivity index (χ2n) is 5.90. The van der Waals surface area contributed by atoms with Gasteiger partial charge in [0.05, 0.1) is 0 Å². The fourth-order valence-electron chi connectivity index (χ4n) is 3.00.